The van der Waals surface area contributed by atoms with Crippen LogP contribution >= 0.6 is 23.8 Å². The maximum Gasteiger partial charge on any atom is 0.203 e. The Morgan fingerprint density at radius 3 is 2.26 bits per heavy atom. The van der Waals surface area contributed by atoms with Crippen LogP contribution in [0.3, 0.4) is 0 Å². The van der Waals surface area contributed by atoms with Gasteiger partial charge in [0.15, 0.2) is 11.5 Å². The summed E-state index contributed by atoms with van der Waals surface area (Å²) in [6, 6.07) is 7.82. The molecule has 0 amide bonds. The van der Waals surface area contributed by atoms with E-state index in [-0.39, 0.29) is 0 Å². The highest BCUT2D eigenvalue weighted by atomic mass is 35.5. The molecule has 2 aromatic carbocycles. The predicted molar refractivity (Wildman–Crippen MR) is 115 cm³/mol. The molecule has 144 valence electrons. The lowest BCUT2D eigenvalue weighted by molar-refractivity contribution is 0.323. The first-order valence-electron chi connectivity index (χ1n) is 8.41. The third-order valence-electron chi connectivity index (χ3n) is 4.29. The monoisotopic (exact) mass is 405 g/mol. The Labute approximate surface area is 171 Å². The number of hydrogen-bond acceptors (Lipinski definition) is 4. The van der Waals surface area contributed by atoms with Crippen LogP contribution in [0.2, 0.25) is 5.02 Å². The van der Waals surface area contributed by atoms with E-state index in [0.717, 1.165) is 21.7 Å². The van der Waals surface area contributed by atoms with E-state index in [1.807, 2.05) is 50.3 Å². The van der Waals surface area contributed by atoms with Crippen LogP contribution < -0.4 is 19.5 Å². The minimum Gasteiger partial charge on any atom is -0.493 e. The lowest BCUT2D eigenvalue weighted by atomic mass is 10.1. The van der Waals surface area contributed by atoms with Crippen LogP contribution in [-0.2, 0) is 6.54 Å². The van der Waals surface area contributed by atoms with E-state index in [2.05, 4.69) is 5.32 Å². The highest BCUT2D eigenvalue weighted by Crippen LogP contribution is 2.38. The van der Waals surface area contributed by atoms with E-state index in [1.165, 1.54) is 5.56 Å². The third-order valence-corrected chi connectivity index (χ3v) is 5.07. The first kappa shape index (κ1) is 21.1. The highest BCUT2D eigenvalue weighted by Gasteiger charge is 2.13. The summed E-state index contributed by atoms with van der Waals surface area (Å²) in [7, 11) is 4.76. The molecule has 0 unspecified atom stereocenters. The molecule has 0 saturated carbocycles. The number of benzene rings is 2. The molecule has 2 rings (SSSR count). The standard InChI is InChI=1S/C21H24ClNO3S/c1-13-6-7-16(20(22)14(13)2)8-9-19(27)23-12-15-10-17(24-3)21(26-5)18(11-15)25-4/h6-11H,12H2,1-5H3,(H,23,27)/b9-8+. The van der Waals surface area contributed by atoms with Gasteiger partial charge in [0.25, 0.3) is 0 Å². The smallest absolute Gasteiger partial charge is 0.203 e. The van der Waals surface area contributed by atoms with Crippen molar-refractivity contribution in [2.45, 2.75) is 20.4 Å². The second-order valence-electron chi connectivity index (χ2n) is 6.00. The van der Waals surface area contributed by atoms with Crippen molar-refractivity contribution >= 4 is 34.9 Å². The second-order valence-corrected chi connectivity index (χ2v) is 6.81. The zero-order valence-electron chi connectivity index (χ0n) is 16.2. The summed E-state index contributed by atoms with van der Waals surface area (Å²) in [6.45, 7) is 4.58. The molecule has 6 heteroatoms. The van der Waals surface area contributed by atoms with Gasteiger partial charge in [-0.3, -0.25) is 0 Å². The second kappa shape index (κ2) is 9.62. The van der Waals surface area contributed by atoms with Crippen molar-refractivity contribution in [3.63, 3.8) is 0 Å². The number of nitrogens with one attached hydrogen (secondary N) is 1. The number of rotatable bonds is 7. The fourth-order valence-electron chi connectivity index (χ4n) is 2.58. The van der Waals surface area contributed by atoms with Gasteiger partial charge in [-0.25, -0.2) is 0 Å². The summed E-state index contributed by atoms with van der Waals surface area (Å²) in [5, 5.41) is 3.95. The van der Waals surface area contributed by atoms with E-state index >= 15 is 0 Å². The van der Waals surface area contributed by atoms with Gasteiger partial charge in [0.2, 0.25) is 5.75 Å². The third kappa shape index (κ3) is 5.15. The molecule has 0 atom stereocenters. The van der Waals surface area contributed by atoms with Gasteiger partial charge in [-0.2, -0.15) is 0 Å². The summed E-state index contributed by atoms with van der Waals surface area (Å²) in [6.07, 6.45) is 3.75. The quantitative estimate of drug-likeness (QED) is 0.511. The molecule has 27 heavy (non-hydrogen) atoms. The average Bonchev–Trinajstić information content (AvgIpc) is 2.68. The van der Waals surface area contributed by atoms with Gasteiger partial charge in [0.05, 0.1) is 31.3 Å². The van der Waals surface area contributed by atoms with Gasteiger partial charge in [-0.15, -0.1) is 0 Å². The van der Waals surface area contributed by atoms with Crippen LogP contribution in [0, 0.1) is 13.8 Å². The SMILES string of the molecule is COc1cc(CNC(=S)/C=C/c2ccc(C)c(C)c2Cl)cc(OC)c1OC. The minimum absolute atomic E-state index is 0.528. The van der Waals surface area contributed by atoms with Gasteiger partial charge in [0, 0.05) is 6.54 Å². The lowest BCUT2D eigenvalue weighted by Crippen LogP contribution is -2.18. The largest absolute Gasteiger partial charge is 0.493 e. The summed E-state index contributed by atoms with van der Waals surface area (Å²) in [4.78, 5) is 0.609. The van der Waals surface area contributed by atoms with Gasteiger partial charge in [-0.1, -0.05) is 42.0 Å². The summed E-state index contributed by atoms with van der Waals surface area (Å²) < 4.78 is 16.1. The van der Waals surface area contributed by atoms with Crippen molar-refractivity contribution < 1.29 is 14.2 Å². The van der Waals surface area contributed by atoms with Crippen molar-refractivity contribution in [3.8, 4) is 17.2 Å². The minimum atomic E-state index is 0.528. The van der Waals surface area contributed by atoms with Gasteiger partial charge in [0.1, 0.15) is 0 Å². The molecule has 0 saturated heterocycles. The zero-order chi connectivity index (χ0) is 20.0. The topological polar surface area (TPSA) is 39.7 Å². The van der Waals surface area contributed by atoms with Gasteiger partial charge < -0.3 is 19.5 Å². The molecule has 0 heterocycles. The number of halogens is 1. The fourth-order valence-corrected chi connectivity index (χ4v) is 3.00. The molecule has 0 radical (unpaired) electrons. The number of hydrogen-bond donors (Lipinski definition) is 1. The highest BCUT2D eigenvalue weighted by molar-refractivity contribution is 7.80. The van der Waals surface area contributed by atoms with Crippen molar-refractivity contribution in [1.29, 1.82) is 0 Å². The Kier molecular flexibility index (Phi) is 7.51. The molecule has 0 fully saturated rings. The molecule has 1 N–H and O–H groups in total. The van der Waals surface area contributed by atoms with Crippen LogP contribution in [-0.4, -0.2) is 26.3 Å². The van der Waals surface area contributed by atoms with Crippen LogP contribution in [0.25, 0.3) is 6.08 Å². The molecule has 0 aliphatic carbocycles. The Hall–Kier alpha value is -2.24. The predicted octanol–water partition coefficient (Wildman–Crippen LogP) is 5.11. The summed E-state index contributed by atoms with van der Waals surface area (Å²) in [5.74, 6) is 1.78. The van der Waals surface area contributed by atoms with Crippen LogP contribution in [0.4, 0.5) is 0 Å². The number of thiocarbonyl (C=S) groups is 1. The molecule has 0 aromatic heterocycles. The molecular formula is C21H24ClNO3S. The van der Waals surface area contributed by atoms with E-state index < -0.39 is 0 Å². The first-order valence-corrected chi connectivity index (χ1v) is 9.20. The maximum absolute atomic E-state index is 6.40. The zero-order valence-corrected chi connectivity index (χ0v) is 17.8. The van der Waals surface area contributed by atoms with Crippen molar-refractivity contribution in [2.24, 2.45) is 0 Å². The van der Waals surface area contributed by atoms with Gasteiger partial charge >= 0.3 is 0 Å². The molecule has 0 aliphatic heterocycles. The van der Waals surface area contributed by atoms with Crippen molar-refractivity contribution in [1.82, 2.24) is 5.32 Å². The van der Waals surface area contributed by atoms with Crippen molar-refractivity contribution in [2.75, 3.05) is 21.3 Å². The molecule has 2 aromatic rings. The Bertz CT molecular complexity index is 840. The molecule has 0 aliphatic rings. The van der Waals surface area contributed by atoms with Crippen LogP contribution in [0.1, 0.15) is 22.3 Å². The maximum atomic E-state index is 6.40. The Morgan fingerprint density at radius 2 is 1.70 bits per heavy atom. The fraction of sp³-hybridized carbons (Fsp3) is 0.286. The molecular weight excluding hydrogens is 382 g/mol. The number of aryl methyl sites for hydroxylation is 1. The van der Waals surface area contributed by atoms with E-state index in [1.54, 1.807) is 21.3 Å². The molecule has 0 spiro atoms. The van der Waals surface area contributed by atoms with Crippen molar-refractivity contribution in [3.05, 3.63) is 57.6 Å². The van der Waals surface area contributed by atoms with Crippen LogP contribution in [0.15, 0.2) is 30.3 Å². The average molecular weight is 406 g/mol. The normalized spacial score (nSPS) is 10.7. The van der Waals surface area contributed by atoms with E-state index in [9.17, 15) is 0 Å². The number of methoxy groups -OCH3 is 3. The van der Waals surface area contributed by atoms with Gasteiger partial charge in [-0.05, 0) is 54.3 Å². The van der Waals surface area contributed by atoms with E-state index in [4.69, 9.17) is 38.0 Å². The van der Waals surface area contributed by atoms with E-state index in [0.29, 0.717) is 28.8 Å². The van der Waals surface area contributed by atoms with Crippen LogP contribution in [0.5, 0.6) is 17.2 Å². The number of ether oxygens (including phenoxy) is 3. The summed E-state index contributed by atoms with van der Waals surface area (Å²) in [5.41, 5.74) is 4.15. The Balaban J connectivity index is 2.08. The summed E-state index contributed by atoms with van der Waals surface area (Å²) >= 11 is 11.8. The molecule has 4 nitrogen and oxygen atoms in total. The lowest BCUT2D eigenvalue weighted by Gasteiger charge is -2.14. The Morgan fingerprint density at radius 1 is 1.07 bits per heavy atom. The first-order chi connectivity index (χ1) is 12.9. The molecule has 0 bridgehead atoms.